The molecule has 0 fully saturated rings. The van der Waals surface area contributed by atoms with Crippen molar-refractivity contribution in [2.45, 2.75) is 12.1 Å². The van der Waals surface area contributed by atoms with Crippen LogP contribution >= 0.6 is 11.3 Å². The maximum absolute atomic E-state index is 12.3. The number of thiazole rings is 1. The van der Waals surface area contributed by atoms with Gasteiger partial charge in [0.05, 0.1) is 13.2 Å². The Morgan fingerprint density at radius 3 is 2.75 bits per heavy atom. The summed E-state index contributed by atoms with van der Waals surface area (Å²) in [4.78, 5) is 14.4. The molecule has 0 saturated carbocycles. The maximum Gasteiger partial charge on any atom is 0.410 e. The number of aromatic nitrogens is 1. The van der Waals surface area contributed by atoms with Gasteiger partial charge in [0.1, 0.15) is 5.01 Å². The Morgan fingerprint density at radius 2 is 2.31 bits per heavy atom. The molecule has 0 saturated heterocycles. The van der Waals surface area contributed by atoms with Crippen LogP contribution in [-0.2, 0) is 4.74 Å². The predicted octanol–water partition coefficient (Wildman–Crippen LogP) is 2.10. The second-order valence-electron chi connectivity index (χ2n) is 2.67. The Kier molecular flexibility index (Phi) is 3.49. The lowest BCUT2D eigenvalue weighted by Gasteiger charge is -2.09. The third kappa shape index (κ3) is 2.49. The first-order chi connectivity index (χ1) is 7.40. The van der Waals surface area contributed by atoms with E-state index in [1.54, 1.807) is 0 Å². The summed E-state index contributed by atoms with van der Waals surface area (Å²) in [5.41, 5.74) is -0.230. The third-order valence-electron chi connectivity index (χ3n) is 1.62. The molecular weight excluding hydrogens is 245 g/mol. The summed E-state index contributed by atoms with van der Waals surface area (Å²) in [6, 6.07) is 1.10. The molecule has 0 aliphatic carbocycles. The summed E-state index contributed by atoms with van der Waals surface area (Å²) < 4.78 is 41.3. The van der Waals surface area contributed by atoms with Crippen molar-refractivity contribution in [1.29, 1.82) is 5.26 Å². The van der Waals surface area contributed by atoms with Gasteiger partial charge in [-0.25, -0.2) is 9.78 Å². The molecule has 1 aromatic rings. The van der Waals surface area contributed by atoms with Gasteiger partial charge in [0, 0.05) is 5.38 Å². The van der Waals surface area contributed by atoms with Gasteiger partial charge in [-0.2, -0.15) is 18.4 Å². The summed E-state index contributed by atoms with van der Waals surface area (Å²) >= 11 is 0.598. The van der Waals surface area contributed by atoms with Crippen molar-refractivity contribution in [3.63, 3.8) is 0 Å². The van der Waals surface area contributed by atoms with Crippen LogP contribution in [0.5, 0.6) is 0 Å². The number of esters is 1. The number of nitrogens with zero attached hydrogens (tertiary/aromatic N) is 2. The van der Waals surface area contributed by atoms with Crippen LogP contribution in [0.3, 0.4) is 0 Å². The molecule has 8 heteroatoms. The molecule has 0 amide bonds. The van der Waals surface area contributed by atoms with Crippen LogP contribution < -0.4 is 0 Å². The molecule has 1 rings (SSSR count). The predicted molar refractivity (Wildman–Crippen MR) is 47.9 cm³/mol. The van der Waals surface area contributed by atoms with Gasteiger partial charge in [0.2, 0.25) is 0 Å². The molecule has 0 spiro atoms. The number of rotatable bonds is 2. The molecule has 4 nitrogen and oxygen atoms in total. The molecule has 0 radical (unpaired) electrons. The van der Waals surface area contributed by atoms with Crippen LogP contribution in [0.4, 0.5) is 13.2 Å². The van der Waals surface area contributed by atoms with E-state index in [1.807, 2.05) is 0 Å². The van der Waals surface area contributed by atoms with E-state index >= 15 is 0 Å². The smallest absolute Gasteiger partial charge is 0.410 e. The summed E-state index contributed by atoms with van der Waals surface area (Å²) in [5.74, 6) is -3.14. The molecule has 1 heterocycles. The van der Waals surface area contributed by atoms with Gasteiger partial charge in [-0.1, -0.05) is 0 Å². The van der Waals surface area contributed by atoms with Gasteiger partial charge in [-0.15, -0.1) is 11.3 Å². The molecule has 1 atom stereocenters. The fourth-order valence-corrected chi connectivity index (χ4v) is 1.74. The zero-order chi connectivity index (χ0) is 12.3. The minimum absolute atomic E-state index is 0.230. The molecule has 1 aromatic heterocycles. The van der Waals surface area contributed by atoms with Crippen LogP contribution in [0.15, 0.2) is 5.38 Å². The van der Waals surface area contributed by atoms with Crippen LogP contribution in [0.25, 0.3) is 0 Å². The number of ether oxygens (including phenoxy) is 1. The van der Waals surface area contributed by atoms with Crippen molar-refractivity contribution in [1.82, 2.24) is 4.98 Å². The van der Waals surface area contributed by atoms with Gasteiger partial charge in [0.25, 0.3) is 0 Å². The van der Waals surface area contributed by atoms with Gasteiger partial charge in [-0.05, 0) is 0 Å². The standard InChI is InChI=1S/C8H5F3N2O2S/c1-15-7(14)5-3-16-6(13-5)4(2-12)8(9,10)11/h3-4H,1H3. The number of carbonyl (C=O) groups is 1. The van der Waals surface area contributed by atoms with E-state index in [0.29, 0.717) is 11.3 Å². The Morgan fingerprint density at radius 1 is 1.69 bits per heavy atom. The lowest BCUT2D eigenvalue weighted by Crippen LogP contribution is -2.19. The van der Waals surface area contributed by atoms with Crippen molar-refractivity contribution in [3.8, 4) is 6.07 Å². The van der Waals surface area contributed by atoms with Gasteiger partial charge in [-0.3, -0.25) is 0 Å². The topological polar surface area (TPSA) is 63.0 Å². The lowest BCUT2D eigenvalue weighted by atomic mass is 10.2. The van der Waals surface area contributed by atoms with E-state index in [4.69, 9.17) is 5.26 Å². The van der Waals surface area contributed by atoms with E-state index in [9.17, 15) is 18.0 Å². The monoisotopic (exact) mass is 250 g/mol. The number of nitriles is 1. The Balaban J connectivity index is 3.02. The summed E-state index contributed by atoms with van der Waals surface area (Å²) in [6.07, 6.45) is -4.69. The minimum atomic E-state index is -4.69. The highest BCUT2D eigenvalue weighted by molar-refractivity contribution is 7.10. The summed E-state index contributed by atoms with van der Waals surface area (Å²) in [7, 11) is 1.09. The van der Waals surface area contributed by atoms with Crippen LogP contribution in [0, 0.1) is 11.3 Å². The summed E-state index contributed by atoms with van der Waals surface area (Å²) in [5, 5.41) is 9.06. The highest BCUT2D eigenvalue weighted by Gasteiger charge is 2.43. The first kappa shape index (κ1) is 12.4. The van der Waals surface area contributed by atoms with Crippen molar-refractivity contribution in [3.05, 3.63) is 16.1 Å². The zero-order valence-electron chi connectivity index (χ0n) is 7.91. The van der Waals surface area contributed by atoms with Crippen molar-refractivity contribution < 1.29 is 22.7 Å². The van der Waals surface area contributed by atoms with Crippen LogP contribution in [0.2, 0.25) is 0 Å². The van der Waals surface area contributed by atoms with Gasteiger partial charge >= 0.3 is 12.1 Å². The second-order valence-corrected chi connectivity index (χ2v) is 3.56. The van der Waals surface area contributed by atoms with Crippen LogP contribution in [-0.4, -0.2) is 24.2 Å². The van der Waals surface area contributed by atoms with Crippen LogP contribution in [0.1, 0.15) is 21.4 Å². The fourth-order valence-electron chi connectivity index (χ4n) is 0.887. The van der Waals surface area contributed by atoms with Crippen molar-refractivity contribution in [2.75, 3.05) is 7.11 Å². The van der Waals surface area contributed by atoms with Gasteiger partial charge in [0.15, 0.2) is 11.6 Å². The average Bonchev–Trinajstić information content (AvgIpc) is 2.64. The first-order valence-corrected chi connectivity index (χ1v) is 4.78. The second kappa shape index (κ2) is 4.49. The zero-order valence-corrected chi connectivity index (χ0v) is 8.72. The molecule has 0 aliphatic heterocycles. The minimum Gasteiger partial charge on any atom is -0.464 e. The highest BCUT2D eigenvalue weighted by atomic mass is 32.1. The Labute approximate surface area is 92.3 Å². The number of hydrogen-bond acceptors (Lipinski definition) is 5. The number of alkyl halides is 3. The quantitative estimate of drug-likeness (QED) is 0.754. The van der Waals surface area contributed by atoms with E-state index in [-0.39, 0.29) is 5.69 Å². The number of methoxy groups -OCH3 is 1. The van der Waals surface area contributed by atoms with E-state index in [0.717, 1.165) is 18.6 Å². The maximum atomic E-state index is 12.3. The fraction of sp³-hybridized carbons (Fsp3) is 0.375. The Bertz CT molecular complexity index is 435. The van der Waals surface area contributed by atoms with Crippen molar-refractivity contribution >= 4 is 17.3 Å². The number of hydrogen-bond donors (Lipinski definition) is 0. The number of carbonyl (C=O) groups excluding carboxylic acids is 1. The normalized spacial score (nSPS) is 12.9. The molecule has 0 aliphatic rings. The molecule has 1 unspecified atom stereocenters. The van der Waals surface area contributed by atoms with E-state index in [2.05, 4.69) is 9.72 Å². The molecule has 86 valence electrons. The molecule has 0 bridgehead atoms. The molecule has 0 N–H and O–H groups in total. The largest absolute Gasteiger partial charge is 0.464 e. The third-order valence-corrected chi connectivity index (χ3v) is 2.53. The first-order valence-electron chi connectivity index (χ1n) is 3.90. The molecule has 16 heavy (non-hydrogen) atoms. The lowest BCUT2D eigenvalue weighted by molar-refractivity contribution is -0.137. The average molecular weight is 250 g/mol. The van der Waals surface area contributed by atoms with E-state index < -0.39 is 23.1 Å². The molecular formula is C8H5F3N2O2S. The Hall–Kier alpha value is -1.62. The SMILES string of the molecule is COC(=O)c1csc(C(C#N)C(F)(F)F)n1. The number of halogens is 3. The highest BCUT2D eigenvalue weighted by Crippen LogP contribution is 2.35. The van der Waals surface area contributed by atoms with Crippen molar-refractivity contribution in [2.24, 2.45) is 0 Å². The molecule has 0 aromatic carbocycles. The van der Waals surface area contributed by atoms with E-state index in [1.165, 1.54) is 0 Å². The summed E-state index contributed by atoms with van der Waals surface area (Å²) in [6.45, 7) is 0. The van der Waals surface area contributed by atoms with Gasteiger partial charge < -0.3 is 4.74 Å².